The molecular formula is C18H26O3. The molecule has 0 aliphatic heterocycles. The van der Waals surface area contributed by atoms with Gasteiger partial charge >= 0.3 is 5.97 Å². The lowest BCUT2D eigenvalue weighted by atomic mass is 9.52. The van der Waals surface area contributed by atoms with Gasteiger partial charge in [-0.15, -0.1) is 0 Å². The minimum atomic E-state index is -0.181. The lowest BCUT2D eigenvalue weighted by Gasteiger charge is -2.52. The first kappa shape index (κ1) is 14.8. The molecule has 3 nitrogen and oxygen atoms in total. The summed E-state index contributed by atoms with van der Waals surface area (Å²) in [5, 5.41) is 0. The van der Waals surface area contributed by atoms with Gasteiger partial charge in [0, 0.05) is 25.2 Å². The number of allylic oxidation sites excluding steroid dienone is 1. The third-order valence-corrected chi connectivity index (χ3v) is 6.18. The van der Waals surface area contributed by atoms with E-state index < -0.39 is 0 Å². The van der Waals surface area contributed by atoms with E-state index in [1.54, 1.807) is 0 Å². The number of ether oxygens (including phenoxy) is 1. The summed E-state index contributed by atoms with van der Waals surface area (Å²) in [6.45, 7) is 5.90. The smallest absolute Gasteiger partial charge is 0.302 e. The van der Waals surface area contributed by atoms with Crippen molar-refractivity contribution >= 4 is 11.8 Å². The van der Waals surface area contributed by atoms with E-state index in [2.05, 4.69) is 19.9 Å². The highest BCUT2D eigenvalue weighted by Gasteiger charge is 2.51. The van der Waals surface area contributed by atoms with Crippen LogP contribution in [0.15, 0.2) is 11.6 Å². The Hall–Kier alpha value is -1.12. The Morgan fingerprint density at radius 3 is 2.81 bits per heavy atom. The molecule has 0 saturated heterocycles. The number of rotatable bonds is 1. The van der Waals surface area contributed by atoms with Crippen molar-refractivity contribution in [2.24, 2.45) is 23.2 Å². The zero-order chi connectivity index (χ0) is 15.2. The van der Waals surface area contributed by atoms with E-state index >= 15 is 0 Å². The molecule has 0 radical (unpaired) electrons. The van der Waals surface area contributed by atoms with Crippen LogP contribution in [0.1, 0.15) is 59.3 Å². The number of fused-ring (bicyclic) bond motifs is 3. The largest absolute Gasteiger partial charge is 0.462 e. The number of hydrogen-bond acceptors (Lipinski definition) is 3. The highest BCUT2D eigenvalue weighted by atomic mass is 16.5. The van der Waals surface area contributed by atoms with Crippen LogP contribution < -0.4 is 0 Å². The Morgan fingerprint density at radius 1 is 1.33 bits per heavy atom. The second-order valence-corrected chi connectivity index (χ2v) is 7.45. The minimum Gasteiger partial charge on any atom is -0.462 e. The first-order valence-corrected chi connectivity index (χ1v) is 8.32. The molecule has 116 valence electrons. The van der Waals surface area contributed by atoms with Crippen LogP contribution in [0.2, 0.25) is 0 Å². The zero-order valence-electron chi connectivity index (χ0n) is 13.4. The Bertz CT molecular complexity index is 493. The van der Waals surface area contributed by atoms with Crippen molar-refractivity contribution in [3.63, 3.8) is 0 Å². The molecule has 0 aromatic heterocycles. The molecule has 0 amide bonds. The molecule has 0 N–H and O–H groups in total. The van der Waals surface area contributed by atoms with Crippen LogP contribution in [0, 0.1) is 23.2 Å². The van der Waals surface area contributed by atoms with E-state index in [9.17, 15) is 9.59 Å². The lowest BCUT2D eigenvalue weighted by molar-refractivity contribution is -0.148. The number of Topliss-reactive ketones (excluding diaryl/α,β-unsaturated/α-hetero) is 1. The number of hydrogen-bond donors (Lipinski definition) is 0. The molecule has 3 aliphatic rings. The van der Waals surface area contributed by atoms with Crippen LogP contribution in [0.5, 0.6) is 0 Å². The molecule has 3 aliphatic carbocycles. The van der Waals surface area contributed by atoms with Gasteiger partial charge in [0.05, 0.1) is 0 Å². The maximum absolute atomic E-state index is 12.5. The molecule has 2 saturated carbocycles. The van der Waals surface area contributed by atoms with Crippen molar-refractivity contribution in [3.05, 3.63) is 11.6 Å². The van der Waals surface area contributed by atoms with Gasteiger partial charge in [0.2, 0.25) is 0 Å². The molecule has 0 unspecified atom stereocenters. The SMILES string of the molecule is CC(=O)O[C@@H]1CC[C@@]2(C)C(=CC[C@@H]3C(=O)[C@H](C)CC[C@H]32)C1. The van der Waals surface area contributed by atoms with Crippen LogP contribution in [0.4, 0.5) is 0 Å². The van der Waals surface area contributed by atoms with Gasteiger partial charge in [0.1, 0.15) is 11.9 Å². The summed E-state index contributed by atoms with van der Waals surface area (Å²) in [7, 11) is 0. The van der Waals surface area contributed by atoms with Gasteiger partial charge < -0.3 is 4.74 Å². The van der Waals surface area contributed by atoms with E-state index in [-0.39, 0.29) is 29.3 Å². The van der Waals surface area contributed by atoms with Crippen LogP contribution in [-0.2, 0) is 14.3 Å². The maximum atomic E-state index is 12.5. The molecule has 5 atom stereocenters. The monoisotopic (exact) mass is 290 g/mol. The number of carbonyl (C=O) groups excluding carboxylic acids is 2. The number of esters is 1. The fraction of sp³-hybridized carbons (Fsp3) is 0.778. The first-order valence-electron chi connectivity index (χ1n) is 8.32. The Kier molecular flexibility index (Phi) is 3.71. The lowest BCUT2D eigenvalue weighted by Crippen LogP contribution is -2.48. The van der Waals surface area contributed by atoms with Crippen molar-refractivity contribution in [1.29, 1.82) is 0 Å². The summed E-state index contributed by atoms with van der Waals surface area (Å²) in [5.41, 5.74) is 1.58. The topological polar surface area (TPSA) is 43.4 Å². The second kappa shape index (κ2) is 5.26. The van der Waals surface area contributed by atoms with Gasteiger partial charge in [-0.1, -0.05) is 25.5 Å². The average molecular weight is 290 g/mol. The van der Waals surface area contributed by atoms with Crippen LogP contribution in [0.3, 0.4) is 0 Å². The normalized spacial score (nSPS) is 42.6. The quantitative estimate of drug-likeness (QED) is 0.546. The molecule has 2 fully saturated rings. The average Bonchev–Trinajstić information content (AvgIpc) is 2.42. The van der Waals surface area contributed by atoms with E-state index in [0.717, 1.165) is 32.1 Å². The fourth-order valence-corrected chi connectivity index (χ4v) is 4.93. The number of ketones is 1. The number of carbonyl (C=O) groups is 2. The highest BCUT2D eigenvalue weighted by molar-refractivity contribution is 5.84. The molecular weight excluding hydrogens is 264 g/mol. The minimum absolute atomic E-state index is 0.0385. The van der Waals surface area contributed by atoms with Gasteiger partial charge in [0.15, 0.2) is 0 Å². The van der Waals surface area contributed by atoms with Crippen LogP contribution in [0.25, 0.3) is 0 Å². The predicted molar refractivity (Wildman–Crippen MR) is 80.6 cm³/mol. The molecule has 21 heavy (non-hydrogen) atoms. The van der Waals surface area contributed by atoms with E-state index in [1.165, 1.54) is 18.9 Å². The van der Waals surface area contributed by atoms with Gasteiger partial charge in [-0.3, -0.25) is 9.59 Å². The maximum Gasteiger partial charge on any atom is 0.302 e. The van der Waals surface area contributed by atoms with Crippen LogP contribution >= 0.6 is 0 Å². The van der Waals surface area contributed by atoms with Crippen molar-refractivity contribution in [3.8, 4) is 0 Å². The summed E-state index contributed by atoms with van der Waals surface area (Å²) in [4.78, 5) is 23.7. The fourth-order valence-electron chi connectivity index (χ4n) is 4.93. The molecule has 0 heterocycles. The molecule has 0 bridgehead atoms. The first-order chi connectivity index (χ1) is 9.91. The van der Waals surface area contributed by atoms with Crippen LogP contribution in [-0.4, -0.2) is 17.9 Å². The standard InChI is InChI=1S/C18H26O3/c1-11-4-7-16-15(17(11)20)6-5-13-10-14(21-12(2)19)8-9-18(13,16)3/h5,11,14-16H,4,6-10H2,1-3H3/t11-,14-,15+,16-,18+/m1/s1. The Balaban J connectivity index is 1.82. The summed E-state index contributed by atoms with van der Waals surface area (Å²) in [6, 6.07) is 0. The highest BCUT2D eigenvalue weighted by Crippen LogP contribution is 2.56. The molecule has 0 aromatic carbocycles. The Labute approximate surface area is 127 Å². The summed E-state index contributed by atoms with van der Waals surface area (Å²) in [5.74, 6) is 1.26. The van der Waals surface area contributed by atoms with Gasteiger partial charge in [-0.2, -0.15) is 0 Å². The second-order valence-electron chi connectivity index (χ2n) is 7.45. The summed E-state index contributed by atoms with van der Waals surface area (Å²) < 4.78 is 5.41. The third-order valence-electron chi connectivity index (χ3n) is 6.18. The predicted octanol–water partition coefficient (Wildman–Crippen LogP) is 3.67. The third kappa shape index (κ3) is 2.45. The van der Waals surface area contributed by atoms with Gasteiger partial charge in [0.25, 0.3) is 0 Å². The van der Waals surface area contributed by atoms with Crippen molar-refractivity contribution < 1.29 is 14.3 Å². The molecule has 3 heteroatoms. The summed E-state index contributed by atoms with van der Waals surface area (Å²) in [6.07, 6.45) is 8.26. The van der Waals surface area contributed by atoms with Gasteiger partial charge in [-0.25, -0.2) is 0 Å². The van der Waals surface area contributed by atoms with Crippen molar-refractivity contribution in [2.45, 2.75) is 65.4 Å². The van der Waals surface area contributed by atoms with Crippen molar-refractivity contribution in [2.75, 3.05) is 0 Å². The molecule has 0 spiro atoms. The zero-order valence-corrected chi connectivity index (χ0v) is 13.4. The molecule has 0 aromatic rings. The van der Waals surface area contributed by atoms with E-state index in [4.69, 9.17) is 4.74 Å². The van der Waals surface area contributed by atoms with E-state index in [1.807, 2.05) is 0 Å². The van der Waals surface area contributed by atoms with Crippen molar-refractivity contribution in [1.82, 2.24) is 0 Å². The van der Waals surface area contributed by atoms with E-state index in [0.29, 0.717) is 11.7 Å². The Morgan fingerprint density at radius 2 is 2.10 bits per heavy atom. The molecule has 3 rings (SSSR count). The summed E-state index contributed by atoms with van der Waals surface area (Å²) >= 11 is 0. The van der Waals surface area contributed by atoms with Gasteiger partial charge in [-0.05, 0) is 43.4 Å².